The summed E-state index contributed by atoms with van der Waals surface area (Å²) in [6.45, 7) is 1.99. The van der Waals surface area contributed by atoms with Crippen LogP contribution < -0.4 is 5.32 Å². The molecule has 1 heterocycles. The monoisotopic (exact) mass is 279 g/mol. The quantitative estimate of drug-likeness (QED) is 0.616. The molecule has 1 amide bonds. The number of aliphatic hydroxyl groups excluding tert-OH is 1. The van der Waals surface area contributed by atoms with Crippen LogP contribution in [0.4, 0.5) is 0 Å². The fourth-order valence-corrected chi connectivity index (χ4v) is 2.93. The Morgan fingerprint density at radius 3 is 2.56 bits per heavy atom. The number of rotatable bonds is 4. The van der Waals surface area contributed by atoms with Crippen molar-refractivity contribution in [3.8, 4) is 0 Å². The van der Waals surface area contributed by atoms with Crippen molar-refractivity contribution in [2.75, 3.05) is 52.6 Å². The second-order valence-corrected chi connectivity index (χ2v) is 6.44. The van der Waals surface area contributed by atoms with Crippen molar-refractivity contribution in [2.45, 2.75) is 0 Å². The molecule has 18 heavy (non-hydrogen) atoms. The minimum Gasteiger partial charge on any atom is -0.395 e. The molecule has 0 bridgehead atoms. The first-order valence-electron chi connectivity index (χ1n) is 5.88. The Kier molecular flexibility index (Phi) is 5.51. The van der Waals surface area contributed by atoms with Crippen molar-refractivity contribution in [2.24, 2.45) is 5.92 Å². The van der Waals surface area contributed by atoms with E-state index in [1.807, 2.05) is 4.90 Å². The van der Waals surface area contributed by atoms with Gasteiger partial charge in [0.05, 0.1) is 18.8 Å². The number of hydrogen-bond donors (Lipinski definition) is 2. The van der Waals surface area contributed by atoms with E-state index < -0.39 is 15.9 Å². The summed E-state index contributed by atoms with van der Waals surface area (Å²) in [6.07, 6.45) is 1.15. The van der Waals surface area contributed by atoms with Crippen LogP contribution in [0.5, 0.6) is 0 Å². The largest absolute Gasteiger partial charge is 0.395 e. The lowest BCUT2D eigenvalue weighted by molar-refractivity contribution is -0.125. The van der Waals surface area contributed by atoms with Gasteiger partial charge in [-0.15, -0.1) is 0 Å². The fourth-order valence-electron chi connectivity index (χ4n) is 2.07. The van der Waals surface area contributed by atoms with Crippen molar-refractivity contribution in [3.63, 3.8) is 0 Å². The van der Waals surface area contributed by atoms with E-state index in [0.717, 1.165) is 6.26 Å². The van der Waals surface area contributed by atoms with Crippen LogP contribution in [0.15, 0.2) is 0 Å². The molecule has 0 saturated carbocycles. The summed E-state index contributed by atoms with van der Waals surface area (Å²) in [4.78, 5) is 13.6. The molecule has 1 atom stereocenters. The number of sulfonamides is 1. The van der Waals surface area contributed by atoms with Crippen molar-refractivity contribution in [1.82, 2.24) is 14.5 Å². The van der Waals surface area contributed by atoms with Crippen LogP contribution in [0.2, 0.25) is 0 Å². The van der Waals surface area contributed by atoms with E-state index >= 15 is 0 Å². The van der Waals surface area contributed by atoms with E-state index in [4.69, 9.17) is 5.11 Å². The SMILES string of the molecule is CNC(=O)C1CN(CCO)CCN(S(C)(=O)=O)C1. The van der Waals surface area contributed by atoms with Crippen LogP contribution in [0.3, 0.4) is 0 Å². The third-order valence-corrected chi connectivity index (χ3v) is 4.34. The standard InChI is InChI=1S/C10H21N3O4S/c1-11-10(15)9-7-12(5-6-14)3-4-13(8-9)18(2,16)17/h9,14H,3-8H2,1-2H3,(H,11,15). The van der Waals surface area contributed by atoms with Crippen molar-refractivity contribution in [3.05, 3.63) is 0 Å². The molecule has 0 spiro atoms. The van der Waals surface area contributed by atoms with Gasteiger partial charge in [-0.3, -0.25) is 9.69 Å². The average molecular weight is 279 g/mol. The number of amides is 1. The maximum Gasteiger partial charge on any atom is 0.225 e. The molecule has 2 N–H and O–H groups in total. The van der Waals surface area contributed by atoms with Gasteiger partial charge in [0.1, 0.15) is 0 Å². The topological polar surface area (TPSA) is 90.0 Å². The van der Waals surface area contributed by atoms with Crippen LogP contribution in [0, 0.1) is 5.92 Å². The Hall–Kier alpha value is -0.700. The molecule has 1 saturated heterocycles. The predicted octanol–water partition coefficient (Wildman–Crippen LogP) is -2.08. The molecule has 0 aromatic heterocycles. The molecule has 0 aliphatic carbocycles. The smallest absolute Gasteiger partial charge is 0.225 e. The first-order valence-corrected chi connectivity index (χ1v) is 7.73. The third-order valence-electron chi connectivity index (χ3n) is 3.07. The van der Waals surface area contributed by atoms with Gasteiger partial charge in [0.15, 0.2) is 0 Å². The predicted molar refractivity (Wildman–Crippen MR) is 67.5 cm³/mol. The maximum absolute atomic E-state index is 11.7. The van der Waals surface area contributed by atoms with Crippen molar-refractivity contribution >= 4 is 15.9 Å². The lowest BCUT2D eigenvalue weighted by Crippen LogP contribution is -2.41. The summed E-state index contributed by atoms with van der Waals surface area (Å²) in [5.74, 6) is -0.577. The first kappa shape index (κ1) is 15.4. The van der Waals surface area contributed by atoms with Crippen LogP contribution in [0.25, 0.3) is 0 Å². The molecule has 1 rings (SSSR count). The highest BCUT2D eigenvalue weighted by Gasteiger charge is 2.30. The second-order valence-electron chi connectivity index (χ2n) is 4.46. The van der Waals surface area contributed by atoms with Gasteiger partial charge in [-0.1, -0.05) is 0 Å². The van der Waals surface area contributed by atoms with Crippen molar-refractivity contribution < 1.29 is 18.3 Å². The lowest BCUT2D eigenvalue weighted by atomic mass is 10.1. The molecule has 106 valence electrons. The summed E-state index contributed by atoms with van der Waals surface area (Å²) in [5.41, 5.74) is 0. The van der Waals surface area contributed by atoms with Crippen LogP contribution in [0.1, 0.15) is 0 Å². The van der Waals surface area contributed by atoms with E-state index in [0.29, 0.717) is 26.2 Å². The van der Waals surface area contributed by atoms with Gasteiger partial charge in [0.25, 0.3) is 0 Å². The Morgan fingerprint density at radius 1 is 1.39 bits per heavy atom. The van der Waals surface area contributed by atoms with Gasteiger partial charge in [-0.2, -0.15) is 0 Å². The molecule has 0 aromatic carbocycles. The van der Waals surface area contributed by atoms with Gasteiger partial charge in [-0.25, -0.2) is 12.7 Å². The molecule has 0 radical (unpaired) electrons. The summed E-state index contributed by atoms with van der Waals surface area (Å²) in [7, 11) is -1.76. The van der Waals surface area contributed by atoms with E-state index in [1.54, 1.807) is 0 Å². The highest BCUT2D eigenvalue weighted by atomic mass is 32.2. The first-order chi connectivity index (χ1) is 8.38. The molecule has 1 unspecified atom stereocenters. The number of nitrogens with one attached hydrogen (secondary N) is 1. The summed E-state index contributed by atoms with van der Waals surface area (Å²) in [5, 5.41) is 11.5. The van der Waals surface area contributed by atoms with Gasteiger partial charge < -0.3 is 10.4 Å². The molecule has 1 fully saturated rings. The summed E-state index contributed by atoms with van der Waals surface area (Å²) in [6, 6.07) is 0. The van der Waals surface area contributed by atoms with E-state index in [2.05, 4.69) is 5.32 Å². The highest BCUT2D eigenvalue weighted by Crippen LogP contribution is 2.12. The Balaban J connectivity index is 2.83. The molecular formula is C10H21N3O4S. The summed E-state index contributed by atoms with van der Waals surface area (Å²) < 4.78 is 24.5. The minimum atomic E-state index is -3.30. The number of hydrogen-bond acceptors (Lipinski definition) is 5. The van der Waals surface area contributed by atoms with Gasteiger partial charge in [0.2, 0.25) is 15.9 Å². The molecular weight excluding hydrogens is 258 g/mol. The Labute approximate surface area is 108 Å². The van der Waals surface area contributed by atoms with E-state index in [9.17, 15) is 13.2 Å². The van der Waals surface area contributed by atoms with Crippen LogP contribution in [-0.2, 0) is 14.8 Å². The average Bonchev–Trinajstić information content (AvgIpc) is 2.50. The number of aliphatic hydroxyl groups is 1. The number of carbonyl (C=O) groups is 1. The molecule has 7 nitrogen and oxygen atoms in total. The number of β-amino-alcohol motifs (C(OH)–C–C–N with tert-alkyl or cyclic N) is 1. The normalized spacial score (nSPS) is 23.6. The third kappa shape index (κ3) is 4.20. The number of nitrogens with zero attached hydrogens (tertiary/aromatic N) is 2. The van der Waals surface area contributed by atoms with E-state index in [1.165, 1.54) is 11.4 Å². The van der Waals surface area contributed by atoms with Crippen LogP contribution in [-0.4, -0.2) is 81.3 Å². The van der Waals surface area contributed by atoms with Gasteiger partial charge in [0, 0.05) is 39.8 Å². The van der Waals surface area contributed by atoms with Crippen molar-refractivity contribution in [1.29, 1.82) is 0 Å². The van der Waals surface area contributed by atoms with E-state index in [-0.39, 0.29) is 19.1 Å². The zero-order valence-corrected chi connectivity index (χ0v) is 11.6. The fraction of sp³-hybridized carbons (Fsp3) is 0.900. The van der Waals surface area contributed by atoms with Crippen LogP contribution >= 0.6 is 0 Å². The molecule has 1 aliphatic heterocycles. The number of carbonyl (C=O) groups excluding carboxylic acids is 1. The highest BCUT2D eigenvalue weighted by molar-refractivity contribution is 7.88. The zero-order valence-electron chi connectivity index (χ0n) is 10.8. The Morgan fingerprint density at radius 2 is 2.06 bits per heavy atom. The second kappa shape index (κ2) is 6.46. The Bertz CT molecular complexity index is 385. The molecule has 8 heteroatoms. The maximum atomic E-state index is 11.7. The summed E-state index contributed by atoms with van der Waals surface area (Å²) >= 11 is 0. The minimum absolute atomic E-state index is 0.000656. The molecule has 0 aromatic rings. The van der Waals surface area contributed by atoms with Gasteiger partial charge >= 0.3 is 0 Å². The zero-order chi connectivity index (χ0) is 13.8. The van der Waals surface area contributed by atoms with Gasteiger partial charge in [-0.05, 0) is 0 Å². The molecule has 1 aliphatic rings. The lowest BCUT2D eigenvalue weighted by Gasteiger charge is -2.21.